The highest BCUT2D eigenvalue weighted by Gasteiger charge is 1.94. The number of pyridine rings is 1. The highest BCUT2D eigenvalue weighted by atomic mass is 14.7. The van der Waals surface area contributed by atoms with Crippen LogP contribution >= 0.6 is 0 Å². The zero-order valence-corrected chi connectivity index (χ0v) is 7.09. The van der Waals surface area contributed by atoms with Crippen LogP contribution in [0.5, 0.6) is 0 Å². The zero-order chi connectivity index (χ0) is 8.27. The second kappa shape index (κ2) is 3.33. The Kier molecular flexibility index (Phi) is 2.42. The molecule has 0 fully saturated rings. The summed E-state index contributed by atoms with van der Waals surface area (Å²) in [6.45, 7) is 7.91. The molecule has 0 unspecified atom stereocenters. The third kappa shape index (κ3) is 1.90. The fraction of sp³-hybridized carbons (Fsp3) is 0.300. The molecule has 0 aliphatic rings. The maximum absolute atomic E-state index is 4.39. The predicted octanol–water partition coefficient (Wildman–Crippen LogP) is 2.68. The fourth-order valence-electron chi connectivity index (χ4n) is 0.914. The lowest BCUT2D eigenvalue weighted by atomic mass is 10.2. The molecule has 11 heavy (non-hydrogen) atoms. The van der Waals surface area contributed by atoms with Gasteiger partial charge in [-0.3, -0.25) is 4.98 Å². The standard InChI is InChI=1S/C10H13N/c1-4-9-6-5-7-10(11-9)8(2)3/h5-7H,2,4H2,1,3H3. The second-order valence-corrected chi connectivity index (χ2v) is 2.65. The Balaban J connectivity index is 3.01. The predicted molar refractivity (Wildman–Crippen MR) is 48.3 cm³/mol. The van der Waals surface area contributed by atoms with Crippen LogP contribution in [0.2, 0.25) is 0 Å². The molecule has 0 bridgehead atoms. The number of allylic oxidation sites excluding steroid dienone is 1. The van der Waals surface area contributed by atoms with E-state index in [9.17, 15) is 0 Å². The van der Waals surface area contributed by atoms with Gasteiger partial charge >= 0.3 is 0 Å². The van der Waals surface area contributed by atoms with Crippen molar-refractivity contribution in [3.63, 3.8) is 0 Å². The summed E-state index contributed by atoms with van der Waals surface area (Å²) in [6, 6.07) is 6.05. The molecule has 1 heteroatoms. The van der Waals surface area contributed by atoms with Crippen molar-refractivity contribution < 1.29 is 0 Å². The minimum absolute atomic E-state index is 0.987. The monoisotopic (exact) mass is 147 g/mol. The summed E-state index contributed by atoms with van der Waals surface area (Å²) in [4.78, 5) is 4.39. The van der Waals surface area contributed by atoms with Gasteiger partial charge in [-0.1, -0.05) is 19.6 Å². The van der Waals surface area contributed by atoms with E-state index in [0.29, 0.717) is 0 Å². The van der Waals surface area contributed by atoms with E-state index in [-0.39, 0.29) is 0 Å². The van der Waals surface area contributed by atoms with Gasteiger partial charge in [-0.25, -0.2) is 0 Å². The van der Waals surface area contributed by atoms with Crippen LogP contribution in [0.3, 0.4) is 0 Å². The van der Waals surface area contributed by atoms with Crippen LogP contribution in [0.1, 0.15) is 25.2 Å². The van der Waals surface area contributed by atoms with Gasteiger partial charge in [0, 0.05) is 5.69 Å². The van der Waals surface area contributed by atoms with Gasteiger partial charge in [-0.15, -0.1) is 0 Å². The maximum Gasteiger partial charge on any atom is 0.0656 e. The summed E-state index contributed by atoms with van der Waals surface area (Å²) in [5, 5.41) is 0. The number of aromatic nitrogens is 1. The van der Waals surface area contributed by atoms with Crippen molar-refractivity contribution in [2.24, 2.45) is 0 Å². The van der Waals surface area contributed by atoms with Crippen LogP contribution in [0, 0.1) is 0 Å². The third-order valence-electron chi connectivity index (χ3n) is 1.61. The molecular formula is C10H13N. The van der Waals surface area contributed by atoms with Crippen LogP contribution in [-0.4, -0.2) is 4.98 Å². The molecule has 0 aliphatic carbocycles. The molecule has 1 heterocycles. The van der Waals surface area contributed by atoms with Crippen LogP contribution in [0.15, 0.2) is 24.8 Å². The minimum atomic E-state index is 0.987. The van der Waals surface area contributed by atoms with Crippen molar-refractivity contribution in [1.29, 1.82) is 0 Å². The van der Waals surface area contributed by atoms with Gasteiger partial charge in [-0.2, -0.15) is 0 Å². The van der Waals surface area contributed by atoms with Gasteiger partial charge in [0.05, 0.1) is 5.69 Å². The van der Waals surface area contributed by atoms with E-state index in [4.69, 9.17) is 0 Å². The first-order chi connectivity index (χ1) is 5.24. The second-order valence-electron chi connectivity index (χ2n) is 2.65. The normalized spacial score (nSPS) is 9.64. The molecule has 1 aromatic heterocycles. The van der Waals surface area contributed by atoms with Gasteiger partial charge in [0.2, 0.25) is 0 Å². The molecule has 0 spiro atoms. The average Bonchev–Trinajstić information content (AvgIpc) is 2.05. The molecule has 0 aromatic carbocycles. The average molecular weight is 147 g/mol. The first kappa shape index (κ1) is 7.99. The molecule has 0 aliphatic heterocycles. The minimum Gasteiger partial charge on any atom is -0.253 e. The molecule has 0 radical (unpaired) electrons. The Labute approximate surface area is 67.8 Å². The molecule has 58 valence electrons. The van der Waals surface area contributed by atoms with Crippen LogP contribution in [0.25, 0.3) is 5.57 Å². The maximum atomic E-state index is 4.39. The van der Waals surface area contributed by atoms with Gasteiger partial charge < -0.3 is 0 Å². The summed E-state index contributed by atoms with van der Waals surface area (Å²) >= 11 is 0. The first-order valence-electron chi connectivity index (χ1n) is 3.86. The van der Waals surface area contributed by atoms with E-state index >= 15 is 0 Å². The summed E-state index contributed by atoms with van der Waals surface area (Å²) in [5.74, 6) is 0. The lowest BCUT2D eigenvalue weighted by Crippen LogP contribution is -1.90. The van der Waals surface area contributed by atoms with E-state index in [1.54, 1.807) is 0 Å². The summed E-state index contributed by atoms with van der Waals surface area (Å²) in [5.41, 5.74) is 3.16. The topological polar surface area (TPSA) is 12.9 Å². The Morgan fingerprint density at radius 1 is 1.55 bits per heavy atom. The van der Waals surface area contributed by atoms with Crippen molar-refractivity contribution in [3.05, 3.63) is 36.2 Å². The van der Waals surface area contributed by atoms with Crippen LogP contribution in [-0.2, 0) is 6.42 Å². The lowest BCUT2D eigenvalue weighted by Gasteiger charge is -2.00. The molecule has 0 saturated carbocycles. The van der Waals surface area contributed by atoms with Crippen molar-refractivity contribution in [2.45, 2.75) is 20.3 Å². The van der Waals surface area contributed by atoms with Crippen LogP contribution in [0.4, 0.5) is 0 Å². The van der Waals surface area contributed by atoms with Gasteiger partial charge in [-0.05, 0) is 31.1 Å². The number of hydrogen-bond acceptors (Lipinski definition) is 1. The molecule has 0 saturated heterocycles. The van der Waals surface area contributed by atoms with E-state index < -0.39 is 0 Å². The number of rotatable bonds is 2. The Morgan fingerprint density at radius 2 is 2.27 bits per heavy atom. The number of aryl methyl sites for hydroxylation is 1. The Bertz CT molecular complexity index is 263. The molecule has 1 rings (SSSR count). The fourth-order valence-corrected chi connectivity index (χ4v) is 0.914. The highest BCUT2D eigenvalue weighted by molar-refractivity contribution is 5.57. The highest BCUT2D eigenvalue weighted by Crippen LogP contribution is 2.08. The van der Waals surface area contributed by atoms with Gasteiger partial charge in [0.25, 0.3) is 0 Å². The number of nitrogens with zero attached hydrogens (tertiary/aromatic N) is 1. The molecular weight excluding hydrogens is 134 g/mol. The lowest BCUT2D eigenvalue weighted by molar-refractivity contribution is 1.02. The molecule has 1 nitrogen and oxygen atoms in total. The largest absolute Gasteiger partial charge is 0.253 e. The summed E-state index contributed by atoms with van der Waals surface area (Å²) in [7, 11) is 0. The van der Waals surface area contributed by atoms with E-state index in [0.717, 1.165) is 23.4 Å². The van der Waals surface area contributed by atoms with Crippen molar-refractivity contribution >= 4 is 5.57 Å². The zero-order valence-electron chi connectivity index (χ0n) is 7.09. The quantitative estimate of drug-likeness (QED) is 0.626. The summed E-state index contributed by atoms with van der Waals surface area (Å²) < 4.78 is 0. The van der Waals surface area contributed by atoms with Gasteiger partial charge in [0.15, 0.2) is 0 Å². The molecule has 0 atom stereocenters. The Morgan fingerprint density at radius 3 is 2.82 bits per heavy atom. The van der Waals surface area contributed by atoms with Gasteiger partial charge in [0.1, 0.15) is 0 Å². The molecule has 0 amide bonds. The van der Waals surface area contributed by atoms with E-state index in [1.165, 1.54) is 0 Å². The van der Waals surface area contributed by atoms with E-state index in [2.05, 4.69) is 18.5 Å². The number of hydrogen-bond donors (Lipinski definition) is 0. The smallest absolute Gasteiger partial charge is 0.0656 e. The SMILES string of the molecule is C=C(C)c1cccc(CC)n1. The molecule has 0 N–H and O–H groups in total. The first-order valence-corrected chi connectivity index (χ1v) is 3.86. The van der Waals surface area contributed by atoms with Crippen molar-refractivity contribution in [1.82, 2.24) is 4.98 Å². The molecule has 1 aromatic rings. The summed E-state index contributed by atoms with van der Waals surface area (Å²) in [6.07, 6.45) is 0.987. The van der Waals surface area contributed by atoms with Crippen molar-refractivity contribution in [3.8, 4) is 0 Å². The van der Waals surface area contributed by atoms with Crippen molar-refractivity contribution in [2.75, 3.05) is 0 Å². The van der Waals surface area contributed by atoms with Crippen LogP contribution < -0.4 is 0 Å². The Hall–Kier alpha value is -1.11. The third-order valence-corrected chi connectivity index (χ3v) is 1.61. The van der Waals surface area contributed by atoms with E-state index in [1.807, 2.05) is 25.1 Å².